The summed E-state index contributed by atoms with van der Waals surface area (Å²) in [6.45, 7) is 0. The molecular formula is C10H13N5O. The second-order valence-electron chi connectivity index (χ2n) is 3.37. The third-order valence-electron chi connectivity index (χ3n) is 2.30. The number of hydrogen-bond donors (Lipinski definition) is 2. The third-order valence-corrected chi connectivity index (χ3v) is 2.30. The number of nitrogens with zero attached hydrogens (tertiary/aromatic N) is 3. The quantitative estimate of drug-likeness (QED) is 0.724. The molecule has 2 rings (SSSR count). The molecule has 6 heteroatoms. The third kappa shape index (κ3) is 1.65. The number of anilines is 2. The van der Waals surface area contributed by atoms with Crippen molar-refractivity contribution in [3.05, 3.63) is 18.2 Å². The van der Waals surface area contributed by atoms with Crippen molar-refractivity contribution in [1.82, 2.24) is 14.8 Å². The van der Waals surface area contributed by atoms with Gasteiger partial charge in [-0.2, -0.15) is 4.98 Å². The van der Waals surface area contributed by atoms with Gasteiger partial charge >= 0.3 is 0 Å². The summed E-state index contributed by atoms with van der Waals surface area (Å²) in [6, 6.07) is 5.34. The van der Waals surface area contributed by atoms with Gasteiger partial charge in [-0.05, 0) is 12.1 Å². The van der Waals surface area contributed by atoms with E-state index in [-0.39, 0.29) is 0 Å². The summed E-state index contributed by atoms with van der Waals surface area (Å²) in [5.41, 5.74) is 12.8. The first kappa shape index (κ1) is 10.3. The molecule has 0 amide bonds. The lowest BCUT2D eigenvalue weighted by Gasteiger charge is -2.04. The summed E-state index contributed by atoms with van der Waals surface area (Å²) in [6.07, 6.45) is 0. The summed E-state index contributed by atoms with van der Waals surface area (Å²) in [5.74, 6) is 1.57. The van der Waals surface area contributed by atoms with Gasteiger partial charge in [0.1, 0.15) is 5.75 Å². The van der Waals surface area contributed by atoms with Crippen LogP contribution in [0.4, 0.5) is 11.6 Å². The van der Waals surface area contributed by atoms with Crippen LogP contribution in [-0.4, -0.2) is 21.9 Å². The van der Waals surface area contributed by atoms with Crippen molar-refractivity contribution in [2.75, 3.05) is 18.6 Å². The van der Waals surface area contributed by atoms with E-state index in [2.05, 4.69) is 10.1 Å². The van der Waals surface area contributed by atoms with Crippen molar-refractivity contribution in [1.29, 1.82) is 0 Å². The molecular weight excluding hydrogens is 206 g/mol. The van der Waals surface area contributed by atoms with Crippen LogP contribution in [0.25, 0.3) is 11.4 Å². The molecule has 6 nitrogen and oxygen atoms in total. The Hall–Kier alpha value is -2.24. The topological polar surface area (TPSA) is 92.0 Å². The number of hydrogen-bond acceptors (Lipinski definition) is 5. The molecule has 0 atom stereocenters. The van der Waals surface area contributed by atoms with Gasteiger partial charge in [0, 0.05) is 24.4 Å². The van der Waals surface area contributed by atoms with E-state index in [9.17, 15) is 0 Å². The molecule has 0 unspecified atom stereocenters. The maximum Gasteiger partial charge on any atom is 0.218 e. The van der Waals surface area contributed by atoms with Gasteiger partial charge in [-0.25, -0.2) is 4.68 Å². The van der Waals surface area contributed by atoms with Crippen LogP contribution in [0, 0.1) is 0 Å². The molecule has 1 aromatic carbocycles. The lowest BCUT2D eigenvalue weighted by molar-refractivity contribution is 0.415. The molecule has 0 aliphatic carbocycles. The monoisotopic (exact) mass is 219 g/mol. The van der Waals surface area contributed by atoms with Crippen LogP contribution in [0.5, 0.6) is 5.75 Å². The number of benzene rings is 1. The molecule has 0 bridgehead atoms. The standard InChI is InChI=1S/C10H13N5O/c1-15-10(12)13-9(14-15)7-4-3-6(16-2)5-8(7)11/h3-5H,11H2,1-2H3,(H2,12,13,14). The van der Waals surface area contributed by atoms with E-state index in [4.69, 9.17) is 16.2 Å². The van der Waals surface area contributed by atoms with Crippen molar-refractivity contribution >= 4 is 11.6 Å². The maximum absolute atomic E-state index is 5.88. The average Bonchev–Trinajstić information content (AvgIpc) is 2.58. The molecule has 16 heavy (non-hydrogen) atoms. The summed E-state index contributed by atoms with van der Waals surface area (Å²) < 4.78 is 6.56. The van der Waals surface area contributed by atoms with Crippen molar-refractivity contribution in [2.45, 2.75) is 0 Å². The highest BCUT2D eigenvalue weighted by Crippen LogP contribution is 2.27. The summed E-state index contributed by atoms with van der Waals surface area (Å²) in [4.78, 5) is 4.11. The Morgan fingerprint density at radius 1 is 1.31 bits per heavy atom. The molecule has 0 saturated heterocycles. The van der Waals surface area contributed by atoms with Crippen LogP contribution < -0.4 is 16.2 Å². The van der Waals surface area contributed by atoms with Gasteiger partial charge in [-0.1, -0.05) is 0 Å². The Morgan fingerprint density at radius 2 is 2.06 bits per heavy atom. The van der Waals surface area contributed by atoms with E-state index in [1.54, 1.807) is 26.3 Å². The number of aryl methyl sites for hydroxylation is 1. The van der Waals surface area contributed by atoms with Gasteiger partial charge in [0.25, 0.3) is 0 Å². The molecule has 1 heterocycles. The van der Waals surface area contributed by atoms with Crippen LogP contribution in [0.2, 0.25) is 0 Å². The fourth-order valence-electron chi connectivity index (χ4n) is 1.38. The Bertz CT molecular complexity index is 500. The lowest BCUT2D eigenvalue weighted by atomic mass is 10.1. The van der Waals surface area contributed by atoms with E-state index in [1.165, 1.54) is 4.68 Å². The molecule has 0 saturated carbocycles. The van der Waals surface area contributed by atoms with Gasteiger partial charge in [-0.3, -0.25) is 0 Å². The molecule has 84 valence electrons. The largest absolute Gasteiger partial charge is 0.497 e. The minimum atomic E-state index is 0.352. The first-order valence-corrected chi connectivity index (χ1v) is 4.72. The highest BCUT2D eigenvalue weighted by atomic mass is 16.5. The predicted octanol–water partition coefficient (Wildman–Crippen LogP) is 0.655. The zero-order valence-corrected chi connectivity index (χ0v) is 9.14. The first-order valence-electron chi connectivity index (χ1n) is 4.72. The maximum atomic E-state index is 5.88. The molecule has 2 aromatic rings. The molecule has 0 aliphatic heterocycles. The van der Waals surface area contributed by atoms with E-state index < -0.39 is 0 Å². The minimum Gasteiger partial charge on any atom is -0.497 e. The molecule has 0 aliphatic rings. The van der Waals surface area contributed by atoms with Crippen LogP contribution in [0.1, 0.15) is 0 Å². The highest BCUT2D eigenvalue weighted by molar-refractivity contribution is 5.73. The van der Waals surface area contributed by atoms with Crippen LogP contribution >= 0.6 is 0 Å². The van der Waals surface area contributed by atoms with Crippen molar-refractivity contribution in [3.8, 4) is 17.1 Å². The van der Waals surface area contributed by atoms with Gasteiger partial charge in [0.05, 0.1) is 7.11 Å². The van der Waals surface area contributed by atoms with Crippen LogP contribution in [0.3, 0.4) is 0 Å². The molecule has 0 fully saturated rings. The van der Waals surface area contributed by atoms with Gasteiger partial charge in [-0.15, -0.1) is 5.10 Å². The zero-order valence-electron chi connectivity index (χ0n) is 9.14. The number of rotatable bonds is 2. The Labute approximate surface area is 92.8 Å². The number of ether oxygens (including phenoxy) is 1. The second-order valence-corrected chi connectivity index (χ2v) is 3.37. The molecule has 0 spiro atoms. The lowest BCUT2D eigenvalue weighted by Crippen LogP contribution is -1.97. The van der Waals surface area contributed by atoms with E-state index in [1.807, 2.05) is 6.07 Å². The fourth-order valence-corrected chi connectivity index (χ4v) is 1.38. The van der Waals surface area contributed by atoms with Gasteiger partial charge < -0.3 is 16.2 Å². The van der Waals surface area contributed by atoms with E-state index in [0.29, 0.717) is 23.2 Å². The van der Waals surface area contributed by atoms with Crippen molar-refractivity contribution in [2.24, 2.45) is 7.05 Å². The number of aromatic nitrogens is 3. The molecule has 4 N–H and O–H groups in total. The van der Waals surface area contributed by atoms with E-state index >= 15 is 0 Å². The average molecular weight is 219 g/mol. The van der Waals surface area contributed by atoms with Crippen LogP contribution in [0.15, 0.2) is 18.2 Å². The molecule has 0 radical (unpaired) electrons. The van der Waals surface area contributed by atoms with Crippen molar-refractivity contribution in [3.63, 3.8) is 0 Å². The highest BCUT2D eigenvalue weighted by Gasteiger charge is 2.10. The van der Waals surface area contributed by atoms with E-state index in [0.717, 1.165) is 5.56 Å². The summed E-state index contributed by atoms with van der Waals surface area (Å²) >= 11 is 0. The Balaban J connectivity index is 2.48. The van der Waals surface area contributed by atoms with Crippen LogP contribution in [-0.2, 0) is 7.05 Å². The summed E-state index contributed by atoms with van der Waals surface area (Å²) in [5, 5.41) is 4.16. The number of nitrogens with two attached hydrogens (primary N) is 2. The SMILES string of the molecule is COc1ccc(-c2nc(N)n(C)n2)c(N)c1. The first-order chi connectivity index (χ1) is 7.61. The molecule has 1 aromatic heterocycles. The Kier molecular flexibility index (Phi) is 2.40. The Morgan fingerprint density at radius 3 is 2.56 bits per heavy atom. The fraction of sp³-hybridized carbons (Fsp3) is 0.200. The van der Waals surface area contributed by atoms with Gasteiger partial charge in [0.2, 0.25) is 5.95 Å². The zero-order chi connectivity index (χ0) is 11.7. The second kappa shape index (κ2) is 3.73. The predicted molar refractivity (Wildman–Crippen MR) is 61.8 cm³/mol. The number of nitrogen functional groups attached to an aromatic ring is 2. The smallest absolute Gasteiger partial charge is 0.218 e. The number of methoxy groups -OCH3 is 1. The van der Waals surface area contributed by atoms with Crippen molar-refractivity contribution < 1.29 is 4.74 Å². The summed E-state index contributed by atoms with van der Waals surface area (Å²) in [7, 11) is 3.32. The minimum absolute atomic E-state index is 0.352. The van der Waals surface area contributed by atoms with Gasteiger partial charge in [0.15, 0.2) is 5.82 Å². The normalized spacial score (nSPS) is 10.4.